The van der Waals surface area contributed by atoms with Crippen LogP contribution in [0, 0.1) is 12.7 Å². The monoisotopic (exact) mass is 352 g/mol. The number of nitrogens with one attached hydrogen (secondary N) is 2. The second-order valence-corrected chi connectivity index (χ2v) is 5.76. The number of halogens is 1. The van der Waals surface area contributed by atoms with Gasteiger partial charge >= 0.3 is 0 Å². The van der Waals surface area contributed by atoms with Gasteiger partial charge in [-0.15, -0.1) is 0 Å². The van der Waals surface area contributed by atoms with Gasteiger partial charge in [0.15, 0.2) is 5.76 Å². The van der Waals surface area contributed by atoms with Crippen molar-refractivity contribution in [1.82, 2.24) is 0 Å². The predicted molar refractivity (Wildman–Crippen MR) is 97.5 cm³/mol. The van der Waals surface area contributed by atoms with Crippen molar-refractivity contribution in [1.29, 1.82) is 0 Å². The van der Waals surface area contributed by atoms with Gasteiger partial charge in [-0.3, -0.25) is 9.59 Å². The van der Waals surface area contributed by atoms with E-state index < -0.39 is 11.7 Å². The Kier molecular flexibility index (Phi) is 4.84. The van der Waals surface area contributed by atoms with Crippen LogP contribution in [0.4, 0.5) is 15.8 Å². The van der Waals surface area contributed by atoms with E-state index in [1.54, 1.807) is 49.4 Å². The number of carbonyl (C=O) groups excluding carboxylic acids is 2. The van der Waals surface area contributed by atoms with Crippen molar-refractivity contribution in [3.8, 4) is 11.3 Å². The van der Waals surface area contributed by atoms with Crippen LogP contribution in [0.3, 0.4) is 0 Å². The fourth-order valence-corrected chi connectivity index (χ4v) is 2.55. The lowest BCUT2D eigenvalue weighted by Crippen LogP contribution is -2.13. The highest BCUT2D eigenvalue weighted by Gasteiger charge is 2.16. The van der Waals surface area contributed by atoms with E-state index in [0.717, 1.165) is 5.56 Å². The lowest BCUT2D eigenvalue weighted by atomic mass is 10.1. The zero-order chi connectivity index (χ0) is 18.7. The maximum Gasteiger partial charge on any atom is 0.291 e. The molecule has 0 aliphatic carbocycles. The van der Waals surface area contributed by atoms with Crippen molar-refractivity contribution in [2.24, 2.45) is 0 Å². The van der Waals surface area contributed by atoms with Gasteiger partial charge in [-0.25, -0.2) is 4.39 Å². The summed E-state index contributed by atoms with van der Waals surface area (Å²) in [4.78, 5) is 23.7. The third-order valence-electron chi connectivity index (χ3n) is 3.86. The molecule has 6 heteroatoms. The van der Waals surface area contributed by atoms with Crippen molar-refractivity contribution in [2.75, 3.05) is 10.6 Å². The first kappa shape index (κ1) is 17.4. The van der Waals surface area contributed by atoms with Gasteiger partial charge < -0.3 is 15.1 Å². The van der Waals surface area contributed by atoms with Crippen LogP contribution < -0.4 is 10.6 Å². The van der Waals surface area contributed by atoms with Gasteiger partial charge in [0.2, 0.25) is 5.91 Å². The van der Waals surface area contributed by atoms with Crippen LogP contribution in [-0.4, -0.2) is 11.8 Å². The first-order valence-electron chi connectivity index (χ1n) is 7.99. The summed E-state index contributed by atoms with van der Waals surface area (Å²) in [6, 6.07) is 14.4. The average molecular weight is 352 g/mol. The van der Waals surface area contributed by atoms with Gasteiger partial charge in [-0.1, -0.05) is 18.2 Å². The first-order valence-corrected chi connectivity index (χ1v) is 7.99. The molecule has 0 saturated heterocycles. The Morgan fingerprint density at radius 1 is 0.923 bits per heavy atom. The van der Waals surface area contributed by atoms with E-state index in [9.17, 15) is 14.0 Å². The van der Waals surface area contributed by atoms with E-state index in [0.29, 0.717) is 11.4 Å². The molecule has 3 rings (SSSR count). The molecule has 26 heavy (non-hydrogen) atoms. The number of furan rings is 1. The standard InChI is InChI=1S/C20H17FN2O3/c1-12-16(22-13(2)24)8-5-9-17(12)23-20(25)19-11-10-18(26-19)14-6-3-4-7-15(14)21/h3-11H,1-2H3,(H,22,24)(H,23,25). The van der Waals surface area contributed by atoms with Gasteiger partial charge in [0.05, 0.1) is 5.56 Å². The minimum absolute atomic E-state index is 0.0626. The Morgan fingerprint density at radius 2 is 1.62 bits per heavy atom. The number of hydrogen-bond acceptors (Lipinski definition) is 3. The van der Waals surface area contributed by atoms with Crippen LogP contribution >= 0.6 is 0 Å². The van der Waals surface area contributed by atoms with E-state index in [1.165, 1.54) is 19.1 Å². The highest BCUT2D eigenvalue weighted by atomic mass is 19.1. The fourth-order valence-electron chi connectivity index (χ4n) is 2.55. The van der Waals surface area contributed by atoms with E-state index in [1.807, 2.05) is 0 Å². The fraction of sp³-hybridized carbons (Fsp3) is 0.100. The third-order valence-corrected chi connectivity index (χ3v) is 3.86. The Hall–Kier alpha value is -3.41. The molecular weight excluding hydrogens is 335 g/mol. The summed E-state index contributed by atoms with van der Waals surface area (Å²) in [6.45, 7) is 3.20. The second-order valence-electron chi connectivity index (χ2n) is 5.76. The number of anilines is 2. The highest BCUT2D eigenvalue weighted by Crippen LogP contribution is 2.27. The van der Waals surface area contributed by atoms with E-state index in [2.05, 4.69) is 10.6 Å². The van der Waals surface area contributed by atoms with Gasteiger partial charge in [0.25, 0.3) is 5.91 Å². The van der Waals surface area contributed by atoms with E-state index in [-0.39, 0.29) is 23.0 Å². The topological polar surface area (TPSA) is 71.3 Å². The Morgan fingerprint density at radius 3 is 2.31 bits per heavy atom. The van der Waals surface area contributed by atoms with Crippen molar-refractivity contribution < 1.29 is 18.4 Å². The normalized spacial score (nSPS) is 10.4. The summed E-state index contributed by atoms with van der Waals surface area (Å²) in [5.41, 5.74) is 2.17. The zero-order valence-corrected chi connectivity index (χ0v) is 14.3. The second kappa shape index (κ2) is 7.23. The number of amides is 2. The molecule has 0 aliphatic rings. The summed E-state index contributed by atoms with van der Waals surface area (Å²) in [6.07, 6.45) is 0. The predicted octanol–water partition coefficient (Wildman–Crippen LogP) is 4.60. The lowest BCUT2D eigenvalue weighted by Gasteiger charge is -2.12. The molecule has 0 radical (unpaired) electrons. The van der Waals surface area contributed by atoms with Crippen LogP contribution in [0.1, 0.15) is 23.0 Å². The zero-order valence-electron chi connectivity index (χ0n) is 14.3. The number of rotatable bonds is 4. The Labute approximate surface area is 149 Å². The maximum absolute atomic E-state index is 13.8. The minimum Gasteiger partial charge on any atom is -0.451 e. The van der Waals surface area contributed by atoms with Crippen molar-refractivity contribution in [2.45, 2.75) is 13.8 Å². The smallest absolute Gasteiger partial charge is 0.291 e. The first-order chi connectivity index (χ1) is 12.5. The van der Waals surface area contributed by atoms with Crippen LogP contribution in [0.25, 0.3) is 11.3 Å². The number of carbonyl (C=O) groups is 2. The SMILES string of the molecule is CC(=O)Nc1cccc(NC(=O)c2ccc(-c3ccccc3F)o2)c1C. The molecule has 5 nitrogen and oxygen atoms in total. The van der Waals surface area contributed by atoms with Gasteiger partial charge in [-0.05, 0) is 48.9 Å². The molecule has 2 amide bonds. The largest absolute Gasteiger partial charge is 0.451 e. The molecule has 2 N–H and O–H groups in total. The highest BCUT2D eigenvalue weighted by molar-refractivity contribution is 6.03. The molecule has 0 fully saturated rings. The van der Waals surface area contributed by atoms with E-state index in [4.69, 9.17) is 4.42 Å². The van der Waals surface area contributed by atoms with Gasteiger partial charge in [-0.2, -0.15) is 0 Å². The van der Waals surface area contributed by atoms with Crippen LogP contribution in [0.15, 0.2) is 59.0 Å². The molecule has 3 aromatic rings. The average Bonchev–Trinajstić information content (AvgIpc) is 3.08. The van der Waals surface area contributed by atoms with Crippen molar-refractivity contribution in [3.05, 3.63) is 71.7 Å². The van der Waals surface area contributed by atoms with Gasteiger partial charge in [0.1, 0.15) is 11.6 Å². The molecule has 2 aromatic carbocycles. The van der Waals surface area contributed by atoms with Crippen LogP contribution in [0.5, 0.6) is 0 Å². The lowest BCUT2D eigenvalue weighted by molar-refractivity contribution is -0.114. The minimum atomic E-state index is -0.462. The molecule has 132 valence electrons. The summed E-state index contributed by atoms with van der Waals surface area (Å²) in [7, 11) is 0. The summed E-state index contributed by atoms with van der Waals surface area (Å²) < 4.78 is 19.3. The molecule has 0 saturated carbocycles. The number of hydrogen-bond donors (Lipinski definition) is 2. The molecule has 1 aromatic heterocycles. The number of benzene rings is 2. The maximum atomic E-state index is 13.8. The van der Waals surface area contributed by atoms with Gasteiger partial charge in [0, 0.05) is 18.3 Å². The summed E-state index contributed by atoms with van der Waals surface area (Å²) >= 11 is 0. The Balaban J connectivity index is 1.82. The molecule has 0 atom stereocenters. The molecule has 1 heterocycles. The molecule has 0 unspecified atom stereocenters. The van der Waals surface area contributed by atoms with Crippen LogP contribution in [-0.2, 0) is 4.79 Å². The Bertz CT molecular complexity index is 979. The summed E-state index contributed by atoms with van der Waals surface area (Å²) in [5.74, 6) is -0.745. The molecular formula is C20H17FN2O3. The van der Waals surface area contributed by atoms with Crippen molar-refractivity contribution in [3.63, 3.8) is 0 Å². The van der Waals surface area contributed by atoms with E-state index >= 15 is 0 Å². The van der Waals surface area contributed by atoms with Crippen molar-refractivity contribution >= 4 is 23.2 Å². The third kappa shape index (κ3) is 3.64. The molecule has 0 aliphatic heterocycles. The summed E-state index contributed by atoms with van der Waals surface area (Å²) in [5, 5.41) is 5.44. The molecule has 0 spiro atoms. The van der Waals surface area contributed by atoms with Crippen LogP contribution in [0.2, 0.25) is 0 Å². The molecule has 0 bridgehead atoms. The quantitative estimate of drug-likeness (QED) is 0.720.